The van der Waals surface area contributed by atoms with Crippen molar-refractivity contribution in [1.82, 2.24) is 0 Å². The molecule has 1 aliphatic carbocycles. The van der Waals surface area contributed by atoms with E-state index in [0.717, 1.165) is 32.1 Å². The van der Waals surface area contributed by atoms with Crippen LogP contribution in [0, 0.1) is 11.8 Å². The maximum atomic E-state index is 12.2. The molecule has 1 aliphatic rings. The predicted octanol–water partition coefficient (Wildman–Crippen LogP) is 5.27. The Balaban J connectivity index is 2.41. The van der Waals surface area contributed by atoms with Gasteiger partial charge in [-0.1, -0.05) is 46.3 Å². The molecule has 1 rings (SSSR count). The molecule has 0 amide bonds. The van der Waals surface area contributed by atoms with Crippen LogP contribution in [0.2, 0.25) is 0 Å². The van der Waals surface area contributed by atoms with Crippen molar-refractivity contribution in [2.24, 2.45) is 11.8 Å². The Bertz CT molecular complexity index is 311. The van der Waals surface area contributed by atoms with Gasteiger partial charge < -0.3 is 4.74 Å². The van der Waals surface area contributed by atoms with Crippen molar-refractivity contribution in [2.75, 3.05) is 0 Å². The molecule has 0 saturated heterocycles. The van der Waals surface area contributed by atoms with Crippen LogP contribution in [0.3, 0.4) is 0 Å². The van der Waals surface area contributed by atoms with Crippen molar-refractivity contribution >= 4 is 5.97 Å². The summed E-state index contributed by atoms with van der Waals surface area (Å²) in [6.07, 6.45) is 12.9. The Hall–Kier alpha value is -0.790. The predicted molar refractivity (Wildman–Crippen MR) is 84.6 cm³/mol. The van der Waals surface area contributed by atoms with Crippen LogP contribution in [0.25, 0.3) is 0 Å². The highest BCUT2D eigenvalue weighted by Gasteiger charge is 2.34. The lowest BCUT2D eigenvalue weighted by atomic mass is 9.82. The maximum absolute atomic E-state index is 12.2. The number of allylic oxidation sites excluding steroid dienone is 2. The monoisotopic (exact) mass is 280 g/mol. The summed E-state index contributed by atoms with van der Waals surface area (Å²) in [5.41, 5.74) is -0.161. The Labute approximate surface area is 125 Å². The number of hydrogen-bond donors (Lipinski definition) is 0. The first-order chi connectivity index (χ1) is 9.49. The fourth-order valence-electron chi connectivity index (χ4n) is 2.80. The molecule has 0 aliphatic heterocycles. The minimum atomic E-state index is -0.161. The second kappa shape index (κ2) is 8.49. The fraction of sp³-hybridized carbons (Fsp3) is 0.833. The molecule has 0 aromatic carbocycles. The van der Waals surface area contributed by atoms with E-state index in [9.17, 15) is 4.79 Å². The lowest BCUT2D eigenvalue weighted by Gasteiger charge is -2.36. The lowest BCUT2D eigenvalue weighted by Crippen LogP contribution is -2.38. The first-order valence-corrected chi connectivity index (χ1v) is 8.37. The zero-order chi connectivity index (χ0) is 15.0. The molecule has 2 nitrogen and oxygen atoms in total. The van der Waals surface area contributed by atoms with Crippen LogP contribution in [-0.2, 0) is 9.53 Å². The topological polar surface area (TPSA) is 26.3 Å². The van der Waals surface area contributed by atoms with Gasteiger partial charge in [0.25, 0.3) is 0 Å². The van der Waals surface area contributed by atoms with Crippen LogP contribution in [-0.4, -0.2) is 11.6 Å². The van der Waals surface area contributed by atoms with Crippen LogP contribution in [0.15, 0.2) is 12.2 Å². The van der Waals surface area contributed by atoms with E-state index in [1.165, 1.54) is 19.3 Å². The van der Waals surface area contributed by atoms with E-state index < -0.39 is 0 Å². The molecule has 1 atom stereocenters. The smallest absolute Gasteiger partial charge is 0.309 e. The third kappa shape index (κ3) is 5.68. The summed E-state index contributed by atoms with van der Waals surface area (Å²) in [4.78, 5) is 12.2. The van der Waals surface area contributed by atoms with Gasteiger partial charge >= 0.3 is 5.97 Å². The first-order valence-electron chi connectivity index (χ1n) is 8.37. The average Bonchev–Trinajstić information content (AvgIpc) is 2.44. The molecule has 0 spiro atoms. The van der Waals surface area contributed by atoms with E-state index in [4.69, 9.17) is 4.74 Å². The van der Waals surface area contributed by atoms with Crippen LogP contribution in [0.1, 0.15) is 79.1 Å². The van der Waals surface area contributed by atoms with Gasteiger partial charge in [0.15, 0.2) is 0 Å². The van der Waals surface area contributed by atoms with Gasteiger partial charge in [-0.15, -0.1) is 0 Å². The lowest BCUT2D eigenvalue weighted by molar-refractivity contribution is -0.168. The van der Waals surface area contributed by atoms with Crippen LogP contribution in [0.5, 0.6) is 0 Å². The highest BCUT2D eigenvalue weighted by molar-refractivity contribution is 5.72. The minimum absolute atomic E-state index is 0.0112. The van der Waals surface area contributed by atoms with E-state index in [-0.39, 0.29) is 17.5 Å². The second-order valence-corrected chi connectivity index (χ2v) is 6.76. The highest BCUT2D eigenvalue weighted by atomic mass is 16.6. The molecule has 1 saturated carbocycles. The standard InChI is InChI=1S/C18H32O2/c1-5-18(13-9-6-10-14-18)20-17(19)16(4)12-8-7-11-15(2)3/h7-8,15-16H,5-6,9-14H2,1-4H3/b8-7-. The van der Waals surface area contributed by atoms with Gasteiger partial charge in [-0.25, -0.2) is 0 Å². The number of carbonyl (C=O) groups excluding carboxylic acids is 1. The molecule has 0 aromatic heterocycles. The Morgan fingerprint density at radius 1 is 1.10 bits per heavy atom. The molecule has 0 heterocycles. The summed E-state index contributed by atoms with van der Waals surface area (Å²) < 4.78 is 5.90. The summed E-state index contributed by atoms with van der Waals surface area (Å²) >= 11 is 0. The van der Waals surface area contributed by atoms with E-state index in [2.05, 4.69) is 32.9 Å². The molecular weight excluding hydrogens is 248 g/mol. The number of esters is 1. The molecule has 116 valence electrons. The van der Waals surface area contributed by atoms with Crippen LogP contribution < -0.4 is 0 Å². The molecular formula is C18H32O2. The summed E-state index contributed by atoms with van der Waals surface area (Å²) in [7, 11) is 0. The summed E-state index contributed by atoms with van der Waals surface area (Å²) in [5.74, 6) is 0.644. The SMILES string of the molecule is CCC1(OC(=O)C(C)C/C=C\CC(C)C)CCCCC1. The summed E-state index contributed by atoms with van der Waals surface area (Å²) in [5, 5.41) is 0. The Morgan fingerprint density at radius 2 is 1.70 bits per heavy atom. The van der Waals surface area contributed by atoms with Gasteiger partial charge in [-0.3, -0.25) is 4.79 Å². The quantitative estimate of drug-likeness (QED) is 0.469. The largest absolute Gasteiger partial charge is 0.459 e. The number of hydrogen-bond acceptors (Lipinski definition) is 2. The fourth-order valence-corrected chi connectivity index (χ4v) is 2.80. The number of rotatable bonds is 7. The Morgan fingerprint density at radius 3 is 2.25 bits per heavy atom. The first kappa shape index (κ1) is 17.3. The molecule has 1 unspecified atom stereocenters. The number of ether oxygens (including phenoxy) is 1. The molecule has 0 aromatic rings. The van der Waals surface area contributed by atoms with Crippen molar-refractivity contribution in [1.29, 1.82) is 0 Å². The van der Waals surface area contributed by atoms with E-state index in [1.807, 2.05) is 6.92 Å². The maximum Gasteiger partial charge on any atom is 0.309 e. The zero-order valence-electron chi connectivity index (χ0n) is 13.8. The minimum Gasteiger partial charge on any atom is -0.459 e. The highest BCUT2D eigenvalue weighted by Crippen LogP contribution is 2.35. The second-order valence-electron chi connectivity index (χ2n) is 6.76. The van der Waals surface area contributed by atoms with E-state index in [0.29, 0.717) is 5.92 Å². The normalized spacial score (nSPS) is 20.2. The van der Waals surface area contributed by atoms with Gasteiger partial charge in [0, 0.05) is 0 Å². The van der Waals surface area contributed by atoms with Crippen LogP contribution >= 0.6 is 0 Å². The van der Waals surface area contributed by atoms with Gasteiger partial charge in [0.1, 0.15) is 5.60 Å². The van der Waals surface area contributed by atoms with Crippen LogP contribution in [0.4, 0.5) is 0 Å². The zero-order valence-corrected chi connectivity index (χ0v) is 13.8. The Kier molecular flexibility index (Phi) is 7.32. The molecule has 2 heteroatoms. The molecule has 0 bridgehead atoms. The van der Waals surface area contributed by atoms with E-state index in [1.54, 1.807) is 0 Å². The van der Waals surface area contributed by atoms with E-state index >= 15 is 0 Å². The van der Waals surface area contributed by atoms with Gasteiger partial charge in [-0.05, 0) is 50.9 Å². The van der Waals surface area contributed by atoms with Gasteiger partial charge in [0.2, 0.25) is 0 Å². The number of carbonyl (C=O) groups is 1. The van der Waals surface area contributed by atoms with Crippen molar-refractivity contribution in [3.05, 3.63) is 12.2 Å². The molecule has 1 fully saturated rings. The van der Waals surface area contributed by atoms with Gasteiger partial charge in [0.05, 0.1) is 5.92 Å². The van der Waals surface area contributed by atoms with Gasteiger partial charge in [-0.2, -0.15) is 0 Å². The average molecular weight is 280 g/mol. The third-order valence-corrected chi connectivity index (χ3v) is 4.39. The van der Waals surface area contributed by atoms with Crippen molar-refractivity contribution in [2.45, 2.75) is 84.7 Å². The van der Waals surface area contributed by atoms with Crippen molar-refractivity contribution in [3.63, 3.8) is 0 Å². The molecule has 0 radical (unpaired) electrons. The molecule has 0 N–H and O–H groups in total. The summed E-state index contributed by atoms with van der Waals surface area (Å²) in [6, 6.07) is 0. The molecule has 20 heavy (non-hydrogen) atoms. The third-order valence-electron chi connectivity index (χ3n) is 4.39. The van der Waals surface area contributed by atoms with Crippen molar-refractivity contribution < 1.29 is 9.53 Å². The summed E-state index contributed by atoms with van der Waals surface area (Å²) in [6.45, 7) is 8.53. The van der Waals surface area contributed by atoms with Crippen molar-refractivity contribution in [3.8, 4) is 0 Å².